The Morgan fingerprint density at radius 3 is 2.46 bits per heavy atom. The number of carbonyl (C=O) groups excluding carboxylic acids is 1. The molecular weight excluding hydrogens is 416 g/mol. The standard InChI is InChI=1S/C20H23BrN2O2.ClH/c1-20(2)15-11-14(21)9-10-16(15)23(19(20)25)18(17(24)12-22-3)13-7-5-4-6-8-13;/h4-11,17-18,22,24H,12H2,1-3H3;1H/t17-,18-;/m0./s1. The molecule has 6 heteroatoms. The van der Waals surface area contributed by atoms with Crippen molar-refractivity contribution >= 4 is 39.9 Å². The molecule has 1 aliphatic rings. The molecule has 2 aromatic carbocycles. The molecule has 26 heavy (non-hydrogen) atoms. The third-order valence-electron chi connectivity index (χ3n) is 4.84. The number of amides is 1. The van der Waals surface area contributed by atoms with Crippen molar-refractivity contribution in [1.29, 1.82) is 0 Å². The zero-order chi connectivity index (χ0) is 18.2. The van der Waals surface area contributed by atoms with Crippen LogP contribution in [0.5, 0.6) is 0 Å². The van der Waals surface area contributed by atoms with Gasteiger partial charge in [0.25, 0.3) is 0 Å². The molecule has 0 aromatic heterocycles. The van der Waals surface area contributed by atoms with E-state index in [1.807, 2.05) is 62.4 Å². The first-order valence-corrected chi connectivity index (χ1v) is 9.18. The van der Waals surface area contributed by atoms with Gasteiger partial charge in [0.1, 0.15) is 0 Å². The number of aliphatic hydroxyl groups is 1. The van der Waals surface area contributed by atoms with Gasteiger partial charge in [-0.3, -0.25) is 4.79 Å². The molecule has 0 bridgehead atoms. The molecule has 3 rings (SSSR count). The lowest BCUT2D eigenvalue weighted by Gasteiger charge is -2.33. The van der Waals surface area contributed by atoms with Gasteiger partial charge in [-0.1, -0.05) is 46.3 Å². The summed E-state index contributed by atoms with van der Waals surface area (Å²) >= 11 is 3.50. The highest BCUT2D eigenvalue weighted by atomic mass is 79.9. The summed E-state index contributed by atoms with van der Waals surface area (Å²) in [6, 6.07) is 15.2. The molecule has 0 saturated heterocycles. The minimum Gasteiger partial charge on any atom is -0.389 e. The van der Waals surface area contributed by atoms with Gasteiger partial charge >= 0.3 is 0 Å². The summed E-state index contributed by atoms with van der Waals surface area (Å²) in [6.45, 7) is 4.27. The van der Waals surface area contributed by atoms with E-state index < -0.39 is 17.6 Å². The van der Waals surface area contributed by atoms with E-state index in [1.54, 1.807) is 11.9 Å². The third-order valence-corrected chi connectivity index (χ3v) is 5.34. The van der Waals surface area contributed by atoms with Gasteiger partial charge in [0, 0.05) is 16.7 Å². The van der Waals surface area contributed by atoms with Gasteiger partial charge in [0.2, 0.25) is 5.91 Å². The highest BCUT2D eigenvalue weighted by Gasteiger charge is 2.48. The topological polar surface area (TPSA) is 52.6 Å². The van der Waals surface area contributed by atoms with Crippen LogP contribution in [0.1, 0.15) is 31.0 Å². The largest absolute Gasteiger partial charge is 0.389 e. The number of fused-ring (bicyclic) bond motifs is 1. The van der Waals surface area contributed by atoms with Gasteiger partial charge in [0.15, 0.2) is 0 Å². The van der Waals surface area contributed by atoms with Gasteiger partial charge in [-0.25, -0.2) is 0 Å². The monoisotopic (exact) mass is 438 g/mol. The molecule has 0 radical (unpaired) electrons. The number of hydrogen-bond donors (Lipinski definition) is 2. The second-order valence-corrected chi connectivity index (χ2v) is 7.86. The van der Waals surface area contributed by atoms with Crippen LogP contribution in [-0.2, 0) is 10.2 Å². The first-order chi connectivity index (χ1) is 11.9. The third kappa shape index (κ3) is 3.54. The van der Waals surface area contributed by atoms with Crippen molar-refractivity contribution < 1.29 is 9.90 Å². The fourth-order valence-electron chi connectivity index (χ4n) is 3.54. The van der Waals surface area contributed by atoms with E-state index in [1.165, 1.54) is 0 Å². The molecule has 0 aliphatic carbocycles. The molecule has 0 saturated carbocycles. The fourth-order valence-corrected chi connectivity index (χ4v) is 3.90. The van der Waals surface area contributed by atoms with Gasteiger partial charge in [0.05, 0.1) is 17.6 Å². The lowest BCUT2D eigenvalue weighted by molar-refractivity contribution is -0.123. The molecule has 4 nitrogen and oxygen atoms in total. The van der Waals surface area contributed by atoms with Crippen LogP contribution in [0.25, 0.3) is 0 Å². The van der Waals surface area contributed by atoms with Crippen LogP contribution in [0.3, 0.4) is 0 Å². The smallest absolute Gasteiger partial charge is 0.237 e. The van der Waals surface area contributed by atoms with E-state index >= 15 is 0 Å². The van der Waals surface area contributed by atoms with E-state index in [-0.39, 0.29) is 18.3 Å². The summed E-state index contributed by atoms with van der Waals surface area (Å²) in [7, 11) is 1.80. The minimum atomic E-state index is -0.721. The van der Waals surface area contributed by atoms with Crippen molar-refractivity contribution in [2.75, 3.05) is 18.5 Å². The fraction of sp³-hybridized carbons (Fsp3) is 0.350. The van der Waals surface area contributed by atoms with Crippen LogP contribution in [-0.4, -0.2) is 30.7 Å². The zero-order valence-electron chi connectivity index (χ0n) is 15.1. The Morgan fingerprint density at radius 2 is 1.85 bits per heavy atom. The molecule has 2 N–H and O–H groups in total. The van der Waals surface area contributed by atoms with Gasteiger partial charge in [-0.2, -0.15) is 0 Å². The van der Waals surface area contributed by atoms with Crippen LogP contribution >= 0.6 is 28.3 Å². The van der Waals surface area contributed by atoms with Crippen molar-refractivity contribution in [2.45, 2.75) is 31.4 Å². The number of anilines is 1. The average molecular weight is 440 g/mol. The summed E-state index contributed by atoms with van der Waals surface area (Å²) in [5.74, 6) is 0.00426. The number of benzene rings is 2. The summed E-state index contributed by atoms with van der Waals surface area (Å²) in [4.78, 5) is 15.1. The van der Waals surface area contributed by atoms with Crippen LogP contribution in [0.4, 0.5) is 5.69 Å². The summed E-state index contributed by atoms with van der Waals surface area (Å²) < 4.78 is 0.945. The number of likely N-dealkylation sites (N-methyl/N-ethyl adjacent to an activating group) is 1. The Bertz CT molecular complexity index is 783. The van der Waals surface area contributed by atoms with Gasteiger partial charge in [-0.05, 0) is 50.2 Å². The van der Waals surface area contributed by atoms with Crippen molar-refractivity contribution in [1.82, 2.24) is 5.32 Å². The molecule has 1 heterocycles. The Balaban J connectivity index is 0.00000243. The zero-order valence-corrected chi connectivity index (χ0v) is 17.5. The van der Waals surface area contributed by atoms with Crippen LogP contribution in [0.15, 0.2) is 53.0 Å². The lowest BCUT2D eigenvalue weighted by Crippen LogP contribution is -2.45. The van der Waals surface area contributed by atoms with E-state index in [2.05, 4.69) is 21.2 Å². The number of rotatable bonds is 5. The highest BCUT2D eigenvalue weighted by molar-refractivity contribution is 9.10. The SMILES string of the molecule is CNC[C@H](O)[C@H](c1ccccc1)N1C(=O)C(C)(C)c2cc(Br)ccc21.Cl. The molecule has 2 atom stereocenters. The maximum absolute atomic E-state index is 13.3. The first kappa shape index (κ1) is 20.9. The summed E-state index contributed by atoms with van der Waals surface area (Å²) in [6.07, 6.45) is -0.721. The number of nitrogens with one attached hydrogen (secondary N) is 1. The van der Waals surface area contributed by atoms with Crippen molar-refractivity contribution in [3.05, 3.63) is 64.1 Å². The quantitative estimate of drug-likeness (QED) is 0.745. The molecule has 0 fully saturated rings. The van der Waals surface area contributed by atoms with E-state index in [0.717, 1.165) is 21.3 Å². The summed E-state index contributed by atoms with van der Waals surface area (Å²) in [5, 5.41) is 13.8. The molecule has 1 aliphatic heterocycles. The number of carbonyl (C=O) groups is 1. The molecular formula is C20H24BrClN2O2. The highest BCUT2D eigenvalue weighted by Crippen LogP contribution is 2.47. The molecule has 0 unspecified atom stereocenters. The second kappa shape index (κ2) is 8.09. The Labute approximate surface area is 169 Å². The van der Waals surface area contributed by atoms with Crippen molar-refractivity contribution in [3.63, 3.8) is 0 Å². The van der Waals surface area contributed by atoms with E-state index in [0.29, 0.717) is 6.54 Å². The molecule has 1 amide bonds. The number of nitrogens with zero attached hydrogens (tertiary/aromatic N) is 1. The van der Waals surface area contributed by atoms with E-state index in [9.17, 15) is 9.90 Å². The minimum absolute atomic E-state index is 0. The lowest BCUT2D eigenvalue weighted by atomic mass is 9.86. The van der Waals surface area contributed by atoms with Crippen LogP contribution in [0.2, 0.25) is 0 Å². The predicted molar refractivity (Wildman–Crippen MR) is 111 cm³/mol. The first-order valence-electron chi connectivity index (χ1n) is 8.39. The number of halogens is 2. The maximum Gasteiger partial charge on any atom is 0.237 e. The molecule has 0 spiro atoms. The number of hydrogen-bond acceptors (Lipinski definition) is 3. The summed E-state index contributed by atoms with van der Waals surface area (Å²) in [5.41, 5.74) is 2.13. The second-order valence-electron chi connectivity index (χ2n) is 6.94. The van der Waals surface area contributed by atoms with Crippen molar-refractivity contribution in [2.24, 2.45) is 0 Å². The normalized spacial score (nSPS) is 17.4. The van der Waals surface area contributed by atoms with Crippen molar-refractivity contribution in [3.8, 4) is 0 Å². The maximum atomic E-state index is 13.3. The van der Waals surface area contributed by atoms with Crippen LogP contribution < -0.4 is 10.2 Å². The Morgan fingerprint density at radius 1 is 1.19 bits per heavy atom. The predicted octanol–water partition coefficient (Wildman–Crippen LogP) is 3.82. The molecule has 140 valence electrons. The Kier molecular flexibility index (Phi) is 6.51. The molecule has 2 aromatic rings. The Hall–Kier alpha value is -1.40. The number of aliphatic hydroxyl groups excluding tert-OH is 1. The van der Waals surface area contributed by atoms with Crippen LogP contribution in [0, 0.1) is 0 Å². The van der Waals surface area contributed by atoms with Gasteiger partial charge in [-0.15, -0.1) is 12.4 Å². The average Bonchev–Trinajstić information content (AvgIpc) is 2.77. The van der Waals surface area contributed by atoms with Gasteiger partial charge < -0.3 is 15.3 Å². The van der Waals surface area contributed by atoms with E-state index in [4.69, 9.17) is 0 Å².